The van der Waals surface area contributed by atoms with E-state index in [1.54, 1.807) is 0 Å². The van der Waals surface area contributed by atoms with E-state index in [9.17, 15) is 4.79 Å². The Bertz CT molecular complexity index is 397. The molecule has 2 nitrogen and oxygen atoms in total. The summed E-state index contributed by atoms with van der Waals surface area (Å²) in [6, 6.07) is 8.79. The number of hydrogen-bond donors (Lipinski definition) is 0. The first-order valence-corrected chi connectivity index (χ1v) is 6.04. The number of benzene rings is 1. The summed E-state index contributed by atoms with van der Waals surface area (Å²) in [4.78, 5) is 14.2. The Morgan fingerprint density at radius 1 is 1.44 bits per heavy atom. The van der Waals surface area contributed by atoms with E-state index in [1.165, 1.54) is 11.3 Å². The molecule has 0 saturated carbocycles. The van der Waals surface area contributed by atoms with Crippen molar-refractivity contribution >= 4 is 11.5 Å². The van der Waals surface area contributed by atoms with Crippen molar-refractivity contribution in [3.05, 3.63) is 29.8 Å². The van der Waals surface area contributed by atoms with Gasteiger partial charge in [-0.3, -0.25) is 4.79 Å². The standard InChI is InChI=1S/C14H19NO/c1-4-14(16)13-9-11-7-5-6-8-12(11)15(13)10(2)3/h5-8,10,13H,4,9H2,1-3H3. The number of carbonyl (C=O) groups excluding carboxylic acids is 1. The molecule has 1 aliphatic rings. The highest BCUT2D eigenvalue weighted by molar-refractivity contribution is 5.89. The molecule has 1 atom stereocenters. The van der Waals surface area contributed by atoms with Crippen LogP contribution < -0.4 is 4.90 Å². The quantitative estimate of drug-likeness (QED) is 0.776. The second-order valence-corrected chi connectivity index (χ2v) is 4.67. The maximum atomic E-state index is 12.0. The molecule has 86 valence electrons. The van der Waals surface area contributed by atoms with E-state index in [-0.39, 0.29) is 6.04 Å². The van der Waals surface area contributed by atoms with E-state index in [4.69, 9.17) is 0 Å². The largest absolute Gasteiger partial charge is 0.358 e. The molecule has 2 heteroatoms. The summed E-state index contributed by atoms with van der Waals surface area (Å²) in [6.07, 6.45) is 1.50. The number of anilines is 1. The number of ketones is 1. The zero-order valence-electron chi connectivity index (χ0n) is 10.2. The lowest BCUT2D eigenvalue weighted by Crippen LogP contribution is -2.42. The summed E-state index contributed by atoms with van der Waals surface area (Å²) in [5.74, 6) is 0.352. The van der Waals surface area contributed by atoms with Crippen LogP contribution in [-0.4, -0.2) is 17.9 Å². The van der Waals surface area contributed by atoms with Crippen LogP contribution in [0.5, 0.6) is 0 Å². The molecule has 0 aromatic heterocycles. The maximum absolute atomic E-state index is 12.0. The van der Waals surface area contributed by atoms with Crippen LogP contribution >= 0.6 is 0 Å². The van der Waals surface area contributed by atoms with E-state index in [0.717, 1.165) is 6.42 Å². The van der Waals surface area contributed by atoms with Gasteiger partial charge < -0.3 is 4.90 Å². The molecular formula is C14H19NO. The average molecular weight is 217 g/mol. The summed E-state index contributed by atoms with van der Waals surface area (Å²) in [6.45, 7) is 6.25. The van der Waals surface area contributed by atoms with Crippen LogP contribution in [0.2, 0.25) is 0 Å². The highest BCUT2D eigenvalue weighted by Gasteiger charge is 2.34. The van der Waals surface area contributed by atoms with E-state index in [0.29, 0.717) is 18.2 Å². The van der Waals surface area contributed by atoms with Crippen molar-refractivity contribution in [3.63, 3.8) is 0 Å². The zero-order valence-corrected chi connectivity index (χ0v) is 10.2. The van der Waals surface area contributed by atoms with Gasteiger partial charge in [0.25, 0.3) is 0 Å². The molecule has 0 radical (unpaired) electrons. The fraction of sp³-hybridized carbons (Fsp3) is 0.500. The van der Waals surface area contributed by atoms with Crippen molar-refractivity contribution < 1.29 is 4.79 Å². The van der Waals surface area contributed by atoms with Crippen LogP contribution in [0.25, 0.3) is 0 Å². The SMILES string of the molecule is CCC(=O)C1Cc2ccccc2N1C(C)C. The van der Waals surface area contributed by atoms with E-state index < -0.39 is 0 Å². The van der Waals surface area contributed by atoms with Crippen LogP contribution in [0, 0.1) is 0 Å². The molecule has 0 fully saturated rings. The van der Waals surface area contributed by atoms with Crippen LogP contribution in [0.4, 0.5) is 5.69 Å². The Balaban J connectivity index is 2.37. The minimum absolute atomic E-state index is 0.0578. The summed E-state index contributed by atoms with van der Waals surface area (Å²) in [5.41, 5.74) is 2.55. The van der Waals surface area contributed by atoms with Crippen LogP contribution in [0.1, 0.15) is 32.8 Å². The minimum atomic E-state index is 0.0578. The summed E-state index contributed by atoms with van der Waals surface area (Å²) in [7, 11) is 0. The Kier molecular flexibility index (Phi) is 2.99. The Labute approximate surface area is 97.3 Å². The number of fused-ring (bicyclic) bond motifs is 1. The fourth-order valence-electron chi connectivity index (χ4n) is 2.55. The van der Waals surface area contributed by atoms with Crippen molar-refractivity contribution in [1.82, 2.24) is 0 Å². The topological polar surface area (TPSA) is 20.3 Å². The van der Waals surface area contributed by atoms with Crippen molar-refractivity contribution in [2.24, 2.45) is 0 Å². The molecule has 1 aromatic rings. The summed E-state index contributed by atoms with van der Waals surface area (Å²) in [5, 5.41) is 0. The number of Topliss-reactive ketones (excluding diaryl/α,β-unsaturated/α-hetero) is 1. The highest BCUT2D eigenvalue weighted by atomic mass is 16.1. The van der Waals surface area contributed by atoms with Gasteiger partial charge in [-0.15, -0.1) is 0 Å². The first-order chi connectivity index (χ1) is 7.65. The second-order valence-electron chi connectivity index (χ2n) is 4.67. The maximum Gasteiger partial charge on any atom is 0.155 e. The van der Waals surface area contributed by atoms with Gasteiger partial charge in [0.1, 0.15) is 0 Å². The number of hydrogen-bond acceptors (Lipinski definition) is 2. The monoisotopic (exact) mass is 217 g/mol. The predicted octanol–water partition coefficient (Wildman–Crippen LogP) is 2.81. The molecule has 1 aliphatic heterocycles. The second kappa shape index (κ2) is 4.28. The smallest absolute Gasteiger partial charge is 0.155 e. The van der Waals surface area contributed by atoms with Gasteiger partial charge in [-0.2, -0.15) is 0 Å². The van der Waals surface area contributed by atoms with Crippen LogP contribution in [0.15, 0.2) is 24.3 Å². The molecule has 0 aliphatic carbocycles. The van der Waals surface area contributed by atoms with E-state index >= 15 is 0 Å². The van der Waals surface area contributed by atoms with E-state index in [1.807, 2.05) is 13.0 Å². The highest BCUT2D eigenvalue weighted by Crippen LogP contribution is 2.34. The lowest BCUT2D eigenvalue weighted by Gasteiger charge is -2.30. The number of para-hydroxylation sites is 1. The molecule has 0 bridgehead atoms. The fourth-order valence-corrected chi connectivity index (χ4v) is 2.55. The average Bonchev–Trinajstić information content (AvgIpc) is 2.67. The van der Waals surface area contributed by atoms with Crippen LogP contribution in [0.3, 0.4) is 0 Å². The van der Waals surface area contributed by atoms with Crippen molar-refractivity contribution in [2.75, 3.05) is 4.90 Å². The van der Waals surface area contributed by atoms with Crippen molar-refractivity contribution in [2.45, 2.75) is 45.7 Å². The van der Waals surface area contributed by atoms with Gasteiger partial charge >= 0.3 is 0 Å². The Morgan fingerprint density at radius 3 is 2.75 bits per heavy atom. The van der Waals surface area contributed by atoms with Gasteiger partial charge in [-0.05, 0) is 25.5 Å². The number of carbonyl (C=O) groups is 1. The number of nitrogens with zero attached hydrogens (tertiary/aromatic N) is 1. The summed E-state index contributed by atoms with van der Waals surface area (Å²) >= 11 is 0. The normalized spacial score (nSPS) is 19.0. The zero-order chi connectivity index (χ0) is 11.7. The van der Waals surface area contributed by atoms with Gasteiger partial charge in [0, 0.05) is 24.6 Å². The van der Waals surface area contributed by atoms with Crippen molar-refractivity contribution in [3.8, 4) is 0 Å². The first-order valence-electron chi connectivity index (χ1n) is 6.04. The van der Waals surface area contributed by atoms with Gasteiger partial charge in [0.2, 0.25) is 0 Å². The third-order valence-corrected chi connectivity index (χ3v) is 3.30. The van der Waals surface area contributed by atoms with Gasteiger partial charge in [-0.1, -0.05) is 25.1 Å². The molecule has 1 unspecified atom stereocenters. The molecule has 0 spiro atoms. The first kappa shape index (κ1) is 11.2. The van der Waals surface area contributed by atoms with Gasteiger partial charge in [0.15, 0.2) is 5.78 Å². The molecule has 0 saturated heterocycles. The third kappa shape index (κ3) is 1.73. The Morgan fingerprint density at radius 2 is 2.12 bits per heavy atom. The van der Waals surface area contributed by atoms with E-state index in [2.05, 4.69) is 36.9 Å². The molecule has 0 N–H and O–H groups in total. The lowest BCUT2D eigenvalue weighted by atomic mass is 10.0. The molecule has 0 amide bonds. The molecule has 16 heavy (non-hydrogen) atoms. The minimum Gasteiger partial charge on any atom is -0.358 e. The third-order valence-electron chi connectivity index (χ3n) is 3.30. The van der Waals surface area contributed by atoms with Gasteiger partial charge in [0.05, 0.1) is 6.04 Å². The van der Waals surface area contributed by atoms with Crippen LogP contribution in [-0.2, 0) is 11.2 Å². The molecule has 2 rings (SSSR count). The molecular weight excluding hydrogens is 198 g/mol. The molecule has 1 aromatic carbocycles. The lowest BCUT2D eigenvalue weighted by molar-refractivity contribution is -0.120. The predicted molar refractivity (Wildman–Crippen MR) is 66.8 cm³/mol. The van der Waals surface area contributed by atoms with Crippen molar-refractivity contribution in [1.29, 1.82) is 0 Å². The molecule has 1 heterocycles. The number of rotatable bonds is 3. The summed E-state index contributed by atoms with van der Waals surface area (Å²) < 4.78 is 0. The van der Waals surface area contributed by atoms with Gasteiger partial charge in [-0.25, -0.2) is 0 Å². The Hall–Kier alpha value is -1.31.